The Labute approximate surface area is 113 Å². The smallest absolute Gasteiger partial charge is 0.137 e. The summed E-state index contributed by atoms with van der Waals surface area (Å²) in [5, 5.41) is 9.29. The molecule has 2 aliphatic rings. The minimum atomic E-state index is -0.0582. The van der Waals surface area contributed by atoms with Gasteiger partial charge in [0.1, 0.15) is 12.0 Å². The molecule has 2 unspecified atom stereocenters. The van der Waals surface area contributed by atoms with Crippen LogP contribution in [0.2, 0.25) is 0 Å². The van der Waals surface area contributed by atoms with Crippen molar-refractivity contribution in [3.63, 3.8) is 0 Å². The Hall–Kier alpha value is -1.10. The van der Waals surface area contributed by atoms with Crippen LogP contribution in [0.25, 0.3) is 0 Å². The number of ether oxygens (including phenoxy) is 2. The predicted octanol–water partition coefficient (Wildman–Crippen LogP) is 1.94. The molecule has 0 spiro atoms. The SMILES string of the molecule is CCOc1ccc(C2OC(CO)CN2C2CC2)cc1. The van der Waals surface area contributed by atoms with Gasteiger partial charge in [-0.25, -0.2) is 0 Å². The summed E-state index contributed by atoms with van der Waals surface area (Å²) in [4.78, 5) is 2.37. The molecule has 4 nitrogen and oxygen atoms in total. The van der Waals surface area contributed by atoms with Gasteiger partial charge in [0.15, 0.2) is 0 Å². The van der Waals surface area contributed by atoms with Gasteiger partial charge in [-0.2, -0.15) is 0 Å². The summed E-state index contributed by atoms with van der Waals surface area (Å²) in [7, 11) is 0. The molecule has 0 radical (unpaired) electrons. The van der Waals surface area contributed by atoms with E-state index < -0.39 is 0 Å². The highest BCUT2D eigenvalue weighted by atomic mass is 16.5. The first kappa shape index (κ1) is 12.9. The first-order valence-electron chi connectivity index (χ1n) is 7.06. The van der Waals surface area contributed by atoms with Gasteiger partial charge in [0, 0.05) is 12.6 Å². The lowest BCUT2D eigenvalue weighted by atomic mass is 10.2. The van der Waals surface area contributed by atoms with E-state index in [-0.39, 0.29) is 18.9 Å². The molecule has 0 aromatic heterocycles. The number of nitrogens with zero attached hydrogens (tertiary/aromatic N) is 1. The minimum Gasteiger partial charge on any atom is -0.494 e. The Morgan fingerprint density at radius 2 is 2.05 bits per heavy atom. The molecule has 1 aliphatic heterocycles. The van der Waals surface area contributed by atoms with Gasteiger partial charge in [0.05, 0.1) is 19.3 Å². The first-order chi connectivity index (χ1) is 9.31. The number of rotatable bonds is 5. The summed E-state index contributed by atoms with van der Waals surface area (Å²) >= 11 is 0. The Morgan fingerprint density at radius 1 is 1.32 bits per heavy atom. The monoisotopic (exact) mass is 263 g/mol. The Morgan fingerprint density at radius 3 is 2.63 bits per heavy atom. The molecule has 1 N–H and O–H groups in total. The molecule has 1 aliphatic carbocycles. The van der Waals surface area contributed by atoms with E-state index >= 15 is 0 Å². The van der Waals surface area contributed by atoms with Crippen molar-refractivity contribution >= 4 is 0 Å². The molecule has 104 valence electrons. The molecule has 1 aromatic carbocycles. The lowest BCUT2D eigenvalue weighted by Gasteiger charge is -2.22. The predicted molar refractivity (Wildman–Crippen MR) is 72.0 cm³/mol. The Balaban J connectivity index is 1.75. The maximum absolute atomic E-state index is 9.29. The van der Waals surface area contributed by atoms with Crippen molar-refractivity contribution in [2.24, 2.45) is 0 Å². The second-order valence-electron chi connectivity index (χ2n) is 5.22. The van der Waals surface area contributed by atoms with Crippen molar-refractivity contribution in [2.45, 2.75) is 38.1 Å². The minimum absolute atomic E-state index is 0.0136. The summed E-state index contributed by atoms with van der Waals surface area (Å²) < 4.78 is 11.4. The molecule has 1 aromatic rings. The maximum Gasteiger partial charge on any atom is 0.137 e. The molecular formula is C15H21NO3. The van der Waals surface area contributed by atoms with Crippen molar-refractivity contribution in [1.82, 2.24) is 4.90 Å². The van der Waals surface area contributed by atoms with E-state index in [1.807, 2.05) is 19.1 Å². The quantitative estimate of drug-likeness (QED) is 0.881. The lowest BCUT2D eigenvalue weighted by molar-refractivity contribution is -0.0216. The molecular weight excluding hydrogens is 242 g/mol. The number of aliphatic hydroxyl groups excluding tert-OH is 1. The van der Waals surface area contributed by atoms with Crippen LogP contribution in [0.4, 0.5) is 0 Å². The molecule has 1 heterocycles. The summed E-state index contributed by atoms with van der Waals surface area (Å²) in [6.45, 7) is 3.59. The molecule has 2 atom stereocenters. The largest absolute Gasteiger partial charge is 0.494 e. The molecule has 4 heteroatoms. The zero-order valence-electron chi connectivity index (χ0n) is 11.3. The number of aliphatic hydroxyl groups is 1. The van der Waals surface area contributed by atoms with E-state index in [9.17, 15) is 5.11 Å². The van der Waals surface area contributed by atoms with Crippen LogP contribution >= 0.6 is 0 Å². The van der Waals surface area contributed by atoms with E-state index in [4.69, 9.17) is 9.47 Å². The Bertz CT molecular complexity index is 416. The van der Waals surface area contributed by atoms with Crippen LogP contribution in [0.3, 0.4) is 0 Å². The Kier molecular flexibility index (Phi) is 3.73. The van der Waals surface area contributed by atoms with E-state index in [1.165, 1.54) is 12.8 Å². The number of hydrogen-bond acceptors (Lipinski definition) is 4. The molecule has 0 bridgehead atoms. The van der Waals surface area contributed by atoms with Crippen molar-refractivity contribution in [3.05, 3.63) is 29.8 Å². The van der Waals surface area contributed by atoms with E-state index in [0.29, 0.717) is 12.6 Å². The van der Waals surface area contributed by atoms with Gasteiger partial charge in [-0.3, -0.25) is 4.90 Å². The average molecular weight is 263 g/mol. The fraction of sp³-hybridized carbons (Fsp3) is 0.600. The van der Waals surface area contributed by atoms with Gasteiger partial charge in [-0.15, -0.1) is 0 Å². The second kappa shape index (κ2) is 5.49. The van der Waals surface area contributed by atoms with Gasteiger partial charge in [-0.05, 0) is 37.5 Å². The van der Waals surface area contributed by atoms with Gasteiger partial charge >= 0.3 is 0 Å². The fourth-order valence-electron chi connectivity index (χ4n) is 2.65. The molecule has 0 amide bonds. The fourth-order valence-corrected chi connectivity index (χ4v) is 2.65. The third-order valence-corrected chi connectivity index (χ3v) is 3.73. The number of benzene rings is 1. The van der Waals surface area contributed by atoms with Crippen LogP contribution in [-0.4, -0.2) is 41.9 Å². The van der Waals surface area contributed by atoms with Crippen molar-refractivity contribution in [2.75, 3.05) is 19.8 Å². The molecule has 1 saturated heterocycles. The molecule has 3 rings (SSSR count). The normalized spacial score (nSPS) is 27.7. The van der Waals surface area contributed by atoms with Gasteiger partial charge in [0.25, 0.3) is 0 Å². The molecule has 19 heavy (non-hydrogen) atoms. The van der Waals surface area contributed by atoms with Crippen molar-refractivity contribution in [1.29, 1.82) is 0 Å². The zero-order chi connectivity index (χ0) is 13.2. The van der Waals surface area contributed by atoms with Gasteiger partial charge < -0.3 is 14.6 Å². The first-order valence-corrected chi connectivity index (χ1v) is 7.06. The van der Waals surface area contributed by atoms with E-state index in [1.54, 1.807) is 0 Å². The summed E-state index contributed by atoms with van der Waals surface area (Å²) in [5.74, 6) is 0.890. The third-order valence-electron chi connectivity index (χ3n) is 3.73. The second-order valence-corrected chi connectivity index (χ2v) is 5.22. The van der Waals surface area contributed by atoms with Crippen LogP contribution in [0.15, 0.2) is 24.3 Å². The van der Waals surface area contributed by atoms with E-state index in [0.717, 1.165) is 17.9 Å². The molecule has 2 fully saturated rings. The molecule has 1 saturated carbocycles. The van der Waals surface area contributed by atoms with Crippen LogP contribution in [-0.2, 0) is 4.74 Å². The standard InChI is InChI=1S/C15H21NO3/c1-2-18-13-7-3-11(4-8-13)15-16(12-5-6-12)9-14(10-17)19-15/h3-4,7-8,12,14-15,17H,2,5-6,9-10H2,1H3. The average Bonchev–Trinajstić information content (AvgIpc) is 3.20. The summed E-state index contributed by atoms with van der Waals surface area (Å²) in [6, 6.07) is 8.72. The highest BCUT2D eigenvalue weighted by Crippen LogP contribution is 2.39. The van der Waals surface area contributed by atoms with Crippen LogP contribution in [0.1, 0.15) is 31.6 Å². The lowest BCUT2D eigenvalue weighted by Crippen LogP contribution is -2.27. The van der Waals surface area contributed by atoms with Crippen LogP contribution in [0, 0.1) is 0 Å². The highest BCUT2D eigenvalue weighted by molar-refractivity contribution is 5.29. The topological polar surface area (TPSA) is 41.9 Å². The highest BCUT2D eigenvalue weighted by Gasteiger charge is 2.41. The van der Waals surface area contributed by atoms with Crippen LogP contribution in [0.5, 0.6) is 5.75 Å². The van der Waals surface area contributed by atoms with Crippen LogP contribution < -0.4 is 4.74 Å². The summed E-state index contributed by atoms with van der Waals surface area (Å²) in [6.07, 6.45) is 2.42. The van der Waals surface area contributed by atoms with Crippen molar-refractivity contribution in [3.8, 4) is 5.75 Å². The third kappa shape index (κ3) is 2.76. The van der Waals surface area contributed by atoms with Gasteiger partial charge in [-0.1, -0.05) is 12.1 Å². The van der Waals surface area contributed by atoms with Crippen molar-refractivity contribution < 1.29 is 14.6 Å². The number of hydrogen-bond donors (Lipinski definition) is 1. The maximum atomic E-state index is 9.29. The summed E-state index contributed by atoms with van der Waals surface area (Å²) in [5.41, 5.74) is 1.14. The van der Waals surface area contributed by atoms with E-state index in [2.05, 4.69) is 17.0 Å². The zero-order valence-corrected chi connectivity index (χ0v) is 11.3. The van der Waals surface area contributed by atoms with Gasteiger partial charge in [0.2, 0.25) is 0 Å².